The van der Waals surface area contributed by atoms with E-state index in [4.69, 9.17) is 16.7 Å². The van der Waals surface area contributed by atoms with Crippen LogP contribution in [0.15, 0.2) is 42.5 Å². The van der Waals surface area contributed by atoms with Gasteiger partial charge in [-0.05, 0) is 29.8 Å². The molecule has 0 bridgehead atoms. The first-order valence-electron chi connectivity index (χ1n) is 7.35. The van der Waals surface area contributed by atoms with Gasteiger partial charge in [0.1, 0.15) is 11.1 Å². The zero-order chi connectivity index (χ0) is 18.8. The number of nitro groups is 1. The van der Waals surface area contributed by atoms with Gasteiger partial charge in [0, 0.05) is 11.1 Å². The van der Waals surface area contributed by atoms with E-state index < -0.39 is 27.9 Å². The number of nitrogens with zero attached hydrogens (tertiary/aromatic N) is 2. The average molecular weight is 371 g/mol. The summed E-state index contributed by atoms with van der Waals surface area (Å²) in [6.45, 7) is 0. The van der Waals surface area contributed by atoms with Crippen molar-refractivity contribution in [3.63, 3.8) is 0 Å². The first-order valence-corrected chi connectivity index (χ1v) is 7.73. The minimum atomic E-state index is -1.48. The van der Waals surface area contributed by atoms with Crippen molar-refractivity contribution in [3.05, 3.63) is 74.4 Å². The molecule has 0 radical (unpaired) electrons. The maximum absolute atomic E-state index is 11.2. The molecular weight excluding hydrogens is 360 g/mol. The third kappa shape index (κ3) is 3.20. The van der Waals surface area contributed by atoms with Crippen LogP contribution in [-0.4, -0.2) is 26.1 Å². The number of pyridine rings is 1. The number of aromatic hydroxyl groups is 1. The fourth-order valence-electron chi connectivity index (χ4n) is 2.46. The Balaban J connectivity index is 2.16. The minimum absolute atomic E-state index is 0.0485. The molecule has 0 atom stereocenters. The van der Waals surface area contributed by atoms with E-state index in [-0.39, 0.29) is 10.9 Å². The van der Waals surface area contributed by atoms with Crippen molar-refractivity contribution in [2.24, 2.45) is 0 Å². The summed E-state index contributed by atoms with van der Waals surface area (Å²) in [5.74, 6) is -2.10. The summed E-state index contributed by atoms with van der Waals surface area (Å²) in [6, 6.07) is 10.9. The van der Waals surface area contributed by atoms with Gasteiger partial charge < -0.3 is 10.2 Å². The van der Waals surface area contributed by atoms with Gasteiger partial charge in [-0.15, -0.1) is 0 Å². The lowest BCUT2D eigenvalue weighted by molar-refractivity contribution is -0.383. The van der Waals surface area contributed by atoms with Gasteiger partial charge in [-0.2, -0.15) is 0 Å². The number of rotatable bonds is 4. The number of carboxylic acids is 1. The van der Waals surface area contributed by atoms with E-state index in [9.17, 15) is 20.0 Å². The second-order valence-corrected chi connectivity index (χ2v) is 5.75. The van der Waals surface area contributed by atoms with Crippen LogP contribution in [0.1, 0.15) is 21.6 Å². The number of carboxylic acid groups (broad SMARTS) is 1. The lowest BCUT2D eigenvalue weighted by atomic mass is 10.1. The molecule has 0 unspecified atom stereocenters. The molecule has 0 aliphatic carbocycles. The minimum Gasteiger partial charge on any atom is -0.505 e. The van der Waals surface area contributed by atoms with Gasteiger partial charge in [-0.1, -0.05) is 35.9 Å². The van der Waals surface area contributed by atoms with Crippen molar-refractivity contribution in [1.29, 1.82) is 0 Å². The molecule has 0 saturated carbocycles. The van der Waals surface area contributed by atoms with Gasteiger partial charge in [-0.25, -0.2) is 9.78 Å². The molecule has 7 nitrogen and oxygen atoms in total. The Morgan fingerprint density at radius 1 is 1.19 bits per heavy atom. The van der Waals surface area contributed by atoms with E-state index in [0.29, 0.717) is 10.7 Å². The molecule has 0 saturated heterocycles. The second kappa shape index (κ2) is 6.81. The number of nitro benzene ring substituents is 1. The highest BCUT2D eigenvalue weighted by Gasteiger charge is 2.23. The van der Waals surface area contributed by atoms with Crippen molar-refractivity contribution >= 4 is 46.3 Å². The van der Waals surface area contributed by atoms with Crippen molar-refractivity contribution < 1.29 is 19.9 Å². The molecule has 3 rings (SSSR count). The van der Waals surface area contributed by atoms with Gasteiger partial charge >= 0.3 is 5.97 Å². The first kappa shape index (κ1) is 17.4. The van der Waals surface area contributed by atoms with Crippen LogP contribution in [0.5, 0.6) is 5.75 Å². The van der Waals surface area contributed by atoms with Gasteiger partial charge in [0.15, 0.2) is 5.75 Å². The first-order chi connectivity index (χ1) is 12.4. The van der Waals surface area contributed by atoms with Crippen molar-refractivity contribution in [3.8, 4) is 5.75 Å². The SMILES string of the molecule is O=C(O)c1cc([N+](=O)[O-])c2ccc(/C=C/c3ccccc3Cl)nc2c1O. The predicted molar refractivity (Wildman–Crippen MR) is 97.4 cm³/mol. The van der Waals surface area contributed by atoms with E-state index in [1.165, 1.54) is 12.1 Å². The van der Waals surface area contributed by atoms with E-state index in [0.717, 1.165) is 11.6 Å². The molecule has 0 fully saturated rings. The van der Waals surface area contributed by atoms with Crippen LogP contribution in [0.4, 0.5) is 5.69 Å². The molecule has 0 spiro atoms. The Morgan fingerprint density at radius 3 is 2.58 bits per heavy atom. The fraction of sp³-hybridized carbons (Fsp3) is 0. The van der Waals surface area contributed by atoms with E-state index in [1.54, 1.807) is 30.4 Å². The molecule has 0 aliphatic rings. The molecular formula is C18H11ClN2O5. The molecule has 1 heterocycles. The maximum atomic E-state index is 11.2. The topological polar surface area (TPSA) is 114 Å². The number of aromatic carboxylic acids is 1. The fourth-order valence-corrected chi connectivity index (χ4v) is 2.66. The smallest absolute Gasteiger partial charge is 0.339 e. The maximum Gasteiger partial charge on any atom is 0.339 e. The number of aromatic nitrogens is 1. The van der Waals surface area contributed by atoms with Crippen LogP contribution in [0.2, 0.25) is 5.02 Å². The van der Waals surface area contributed by atoms with Gasteiger partial charge in [0.2, 0.25) is 0 Å². The van der Waals surface area contributed by atoms with E-state index >= 15 is 0 Å². The highest BCUT2D eigenvalue weighted by atomic mass is 35.5. The number of non-ortho nitro benzene ring substituents is 1. The van der Waals surface area contributed by atoms with Gasteiger partial charge in [-0.3, -0.25) is 10.1 Å². The standard InChI is InChI=1S/C18H11ClN2O5/c19-14-4-2-1-3-10(14)5-6-11-7-8-12-15(21(25)26)9-13(18(23)24)17(22)16(12)20-11/h1-9,22H,(H,23,24)/b6-5+. The average Bonchev–Trinajstić information content (AvgIpc) is 2.61. The molecule has 0 aliphatic heterocycles. The van der Waals surface area contributed by atoms with Crippen LogP contribution in [0.25, 0.3) is 23.1 Å². The number of phenols is 1. The summed E-state index contributed by atoms with van der Waals surface area (Å²) in [5, 5.41) is 31.1. The Hall–Kier alpha value is -3.45. The Morgan fingerprint density at radius 2 is 1.92 bits per heavy atom. The number of halogens is 1. The second-order valence-electron chi connectivity index (χ2n) is 5.34. The van der Waals surface area contributed by atoms with Crippen molar-refractivity contribution in [2.45, 2.75) is 0 Å². The molecule has 0 amide bonds. The predicted octanol–water partition coefficient (Wildman–Crippen LogP) is 4.37. The summed E-state index contributed by atoms with van der Waals surface area (Å²) in [4.78, 5) is 25.9. The molecule has 1 aromatic heterocycles. The summed E-state index contributed by atoms with van der Waals surface area (Å²) in [7, 11) is 0. The van der Waals surface area contributed by atoms with Crippen LogP contribution < -0.4 is 0 Å². The van der Waals surface area contributed by atoms with Crippen LogP contribution in [-0.2, 0) is 0 Å². The number of benzene rings is 2. The Labute approximate surface area is 152 Å². The Bertz CT molecular complexity index is 1080. The van der Waals surface area contributed by atoms with Crippen LogP contribution in [0, 0.1) is 10.1 Å². The van der Waals surface area contributed by atoms with Gasteiger partial charge in [0.25, 0.3) is 5.69 Å². The third-order valence-corrected chi connectivity index (χ3v) is 4.06. The molecule has 3 aromatic rings. The largest absolute Gasteiger partial charge is 0.505 e. The summed E-state index contributed by atoms with van der Waals surface area (Å²) in [6.07, 6.45) is 3.31. The van der Waals surface area contributed by atoms with E-state index in [1.807, 2.05) is 6.07 Å². The monoisotopic (exact) mass is 370 g/mol. The summed E-state index contributed by atoms with van der Waals surface area (Å²) in [5.41, 5.74) is -0.0544. The number of hydrogen-bond donors (Lipinski definition) is 2. The molecule has 8 heteroatoms. The number of hydrogen-bond acceptors (Lipinski definition) is 5. The normalized spacial score (nSPS) is 11.1. The lowest BCUT2D eigenvalue weighted by Gasteiger charge is -2.06. The lowest BCUT2D eigenvalue weighted by Crippen LogP contribution is -2.01. The van der Waals surface area contributed by atoms with Crippen LogP contribution in [0.3, 0.4) is 0 Å². The molecule has 2 N–H and O–H groups in total. The molecule has 130 valence electrons. The van der Waals surface area contributed by atoms with Crippen molar-refractivity contribution in [2.75, 3.05) is 0 Å². The quantitative estimate of drug-likeness (QED) is 0.520. The summed E-state index contributed by atoms with van der Waals surface area (Å²) < 4.78 is 0. The van der Waals surface area contributed by atoms with Gasteiger partial charge in [0.05, 0.1) is 16.0 Å². The number of carbonyl (C=O) groups is 1. The van der Waals surface area contributed by atoms with Crippen molar-refractivity contribution in [1.82, 2.24) is 4.98 Å². The summed E-state index contributed by atoms with van der Waals surface area (Å²) >= 11 is 6.07. The van der Waals surface area contributed by atoms with E-state index in [2.05, 4.69) is 4.98 Å². The highest BCUT2D eigenvalue weighted by molar-refractivity contribution is 6.32. The highest BCUT2D eigenvalue weighted by Crippen LogP contribution is 2.35. The zero-order valence-electron chi connectivity index (χ0n) is 13.1. The number of fused-ring (bicyclic) bond motifs is 1. The van der Waals surface area contributed by atoms with Crippen LogP contribution >= 0.6 is 11.6 Å². The molecule has 26 heavy (non-hydrogen) atoms. The third-order valence-electron chi connectivity index (χ3n) is 3.72. The molecule has 2 aromatic carbocycles. The zero-order valence-corrected chi connectivity index (χ0v) is 13.8. The Kier molecular flexibility index (Phi) is 4.55.